The summed E-state index contributed by atoms with van der Waals surface area (Å²) in [4.78, 5) is 9.37. The monoisotopic (exact) mass is 196 g/mol. The van der Waals surface area contributed by atoms with Gasteiger partial charge in [0, 0.05) is 11.8 Å². The third kappa shape index (κ3) is 32.3. The number of halogens is 1. The highest BCUT2D eigenvalue weighted by Crippen LogP contribution is 1.80. The van der Waals surface area contributed by atoms with Crippen molar-refractivity contribution in [1.82, 2.24) is 0 Å². The Labute approximate surface area is 64.4 Å². The highest BCUT2D eigenvalue weighted by Gasteiger charge is 1.80. The van der Waals surface area contributed by atoms with E-state index in [0.717, 1.165) is 5.33 Å². The first kappa shape index (κ1) is 11.7. The molecule has 1 N–H and O–H groups in total. The molecular formula is C6H13BrO2. The second-order valence-corrected chi connectivity index (χ2v) is 2.23. The molecule has 3 heteroatoms. The molecule has 2 nitrogen and oxygen atoms in total. The second-order valence-electron chi connectivity index (χ2n) is 1.44. The van der Waals surface area contributed by atoms with Crippen LogP contribution in [0.4, 0.5) is 0 Å². The van der Waals surface area contributed by atoms with Crippen LogP contribution in [-0.4, -0.2) is 16.4 Å². The van der Waals surface area contributed by atoms with Crippen molar-refractivity contribution in [3.05, 3.63) is 0 Å². The van der Waals surface area contributed by atoms with Crippen LogP contribution in [-0.2, 0) is 4.79 Å². The Morgan fingerprint density at radius 2 is 1.78 bits per heavy atom. The van der Waals surface area contributed by atoms with E-state index in [0.29, 0.717) is 0 Å². The topological polar surface area (TPSA) is 37.3 Å². The molecule has 0 saturated carbocycles. The van der Waals surface area contributed by atoms with Crippen LogP contribution in [0.2, 0.25) is 0 Å². The Balaban J connectivity index is 0. The summed E-state index contributed by atoms with van der Waals surface area (Å²) >= 11 is 3.25. The van der Waals surface area contributed by atoms with Crippen molar-refractivity contribution >= 4 is 21.9 Å². The van der Waals surface area contributed by atoms with Gasteiger partial charge in [-0.1, -0.05) is 29.8 Å². The first-order chi connectivity index (χ1) is 4.18. The largest absolute Gasteiger partial charge is 0.481 e. The van der Waals surface area contributed by atoms with E-state index in [1.165, 1.54) is 6.42 Å². The molecule has 0 radical (unpaired) electrons. The van der Waals surface area contributed by atoms with Gasteiger partial charge in [-0.3, -0.25) is 4.79 Å². The molecule has 0 saturated heterocycles. The van der Waals surface area contributed by atoms with Gasteiger partial charge in [0.25, 0.3) is 0 Å². The number of rotatable bonds is 2. The quantitative estimate of drug-likeness (QED) is 0.689. The zero-order valence-electron chi connectivity index (χ0n) is 5.85. The number of carboxylic acids is 1. The Morgan fingerprint density at radius 1 is 1.56 bits per heavy atom. The number of carbonyl (C=O) groups is 1. The molecule has 9 heavy (non-hydrogen) atoms. The molecule has 0 aliphatic carbocycles. The zero-order valence-corrected chi connectivity index (χ0v) is 7.44. The number of alkyl halides is 1. The molecule has 0 fully saturated rings. The van der Waals surface area contributed by atoms with E-state index in [2.05, 4.69) is 22.9 Å². The van der Waals surface area contributed by atoms with Crippen molar-refractivity contribution in [3.63, 3.8) is 0 Å². The van der Waals surface area contributed by atoms with E-state index in [1.807, 2.05) is 0 Å². The fraction of sp³-hybridized carbons (Fsp3) is 0.833. The lowest BCUT2D eigenvalue weighted by Gasteiger charge is -1.71. The molecule has 0 aliphatic rings. The van der Waals surface area contributed by atoms with Gasteiger partial charge in [-0.15, -0.1) is 0 Å². The predicted molar refractivity (Wildman–Crippen MR) is 42.0 cm³/mol. The first-order valence-corrected chi connectivity index (χ1v) is 4.08. The third-order valence-electron chi connectivity index (χ3n) is 0.491. The van der Waals surface area contributed by atoms with Gasteiger partial charge in [0.15, 0.2) is 0 Å². The summed E-state index contributed by atoms with van der Waals surface area (Å²) in [5.41, 5.74) is 0. The smallest absolute Gasteiger partial charge is 0.303 e. The number of hydrogen-bond acceptors (Lipinski definition) is 1. The van der Waals surface area contributed by atoms with Crippen molar-refractivity contribution < 1.29 is 9.90 Å². The molecular weight excluding hydrogens is 184 g/mol. The Kier molecular flexibility index (Phi) is 14.1. The molecule has 0 amide bonds. The number of hydrogen-bond donors (Lipinski definition) is 1. The minimum absolute atomic E-state index is 0.222. The predicted octanol–water partition coefficient (Wildman–Crippen LogP) is 2.27. The molecule has 0 aromatic rings. The standard InChI is InChI=1S/C3H7Br.C3H6O2/c1-2-3-4;1-2-3(4)5/h2-3H2,1H3;2H2,1H3,(H,4,5). The maximum absolute atomic E-state index is 9.37. The Bertz CT molecular complexity index is 62.1. The normalized spacial score (nSPS) is 7.44. The van der Waals surface area contributed by atoms with Gasteiger partial charge < -0.3 is 5.11 Å². The van der Waals surface area contributed by atoms with Gasteiger partial charge in [0.1, 0.15) is 0 Å². The van der Waals surface area contributed by atoms with Crippen LogP contribution >= 0.6 is 15.9 Å². The summed E-state index contributed by atoms with van der Waals surface area (Å²) in [7, 11) is 0. The van der Waals surface area contributed by atoms with E-state index >= 15 is 0 Å². The van der Waals surface area contributed by atoms with Crippen molar-refractivity contribution in [1.29, 1.82) is 0 Å². The van der Waals surface area contributed by atoms with Crippen molar-refractivity contribution in [3.8, 4) is 0 Å². The lowest BCUT2D eigenvalue weighted by atomic mass is 10.5. The minimum Gasteiger partial charge on any atom is -0.481 e. The summed E-state index contributed by atoms with van der Waals surface area (Å²) in [6.07, 6.45) is 1.46. The maximum Gasteiger partial charge on any atom is 0.303 e. The minimum atomic E-state index is -0.745. The molecule has 0 spiro atoms. The van der Waals surface area contributed by atoms with E-state index in [-0.39, 0.29) is 6.42 Å². The van der Waals surface area contributed by atoms with Crippen LogP contribution in [0.1, 0.15) is 26.7 Å². The van der Waals surface area contributed by atoms with Crippen LogP contribution in [0.25, 0.3) is 0 Å². The second kappa shape index (κ2) is 10.8. The van der Waals surface area contributed by atoms with Crippen LogP contribution in [0.15, 0.2) is 0 Å². The average molecular weight is 197 g/mol. The highest BCUT2D eigenvalue weighted by atomic mass is 79.9. The molecule has 0 aromatic carbocycles. The highest BCUT2D eigenvalue weighted by molar-refractivity contribution is 9.09. The lowest BCUT2D eigenvalue weighted by molar-refractivity contribution is -0.136. The van der Waals surface area contributed by atoms with Gasteiger partial charge in [-0.25, -0.2) is 0 Å². The van der Waals surface area contributed by atoms with Crippen LogP contribution in [0, 0.1) is 0 Å². The summed E-state index contributed by atoms with van der Waals surface area (Å²) in [6.45, 7) is 3.73. The van der Waals surface area contributed by atoms with Crippen molar-refractivity contribution in [2.45, 2.75) is 26.7 Å². The van der Waals surface area contributed by atoms with Gasteiger partial charge in [0.2, 0.25) is 0 Å². The van der Waals surface area contributed by atoms with Gasteiger partial charge in [-0.05, 0) is 6.42 Å². The van der Waals surface area contributed by atoms with Gasteiger partial charge >= 0.3 is 5.97 Å². The van der Waals surface area contributed by atoms with Gasteiger partial charge in [-0.2, -0.15) is 0 Å². The van der Waals surface area contributed by atoms with Crippen LogP contribution < -0.4 is 0 Å². The Morgan fingerprint density at radius 3 is 1.78 bits per heavy atom. The van der Waals surface area contributed by atoms with E-state index in [1.54, 1.807) is 6.92 Å². The first-order valence-electron chi connectivity index (χ1n) is 2.96. The zero-order chi connectivity index (χ0) is 7.70. The summed E-state index contributed by atoms with van der Waals surface area (Å²) < 4.78 is 0. The number of aliphatic carboxylic acids is 1. The maximum atomic E-state index is 9.37. The third-order valence-corrected chi connectivity index (χ3v) is 1.28. The summed E-state index contributed by atoms with van der Waals surface area (Å²) in [6, 6.07) is 0. The summed E-state index contributed by atoms with van der Waals surface area (Å²) in [5, 5.41) is 8.85. The van der Waals surface area contributed by atoms with Crippen molar-refractivity contribution in [2.24, 2.45) is 0 Å². The molecule has 0 rings (SSSR count). The molecule has 0 aromatic heterocycles. The number of carboxylic acid groups (broad SMARTS) is 1. The average Bonchev–Trinajstić information content (AvgIpc) is 1.89. The SMILES string of the molecule is CCC(=O)O.CCCBr. The van der Waals surface area contributed by atoms with Crippen LogP contribution in [0.3, 0.4) is 0 Å². The molecule has 56 valence electrons. The molecule has 0 unspecified atom stereocenters. The molecule has 0 atom stereocenters. The molecule has 0 aliphatic heterocycles. The fourth-order valence-electron chi connectivity index (χ4n) is 0. The van der Waals surface area contributed by atoms with E-state index < -0.39 is 5.97 Å². The summed E-state index contributed by atoms with van der Waals surface area (Å²) in [5.74, 6) is -0.745. The molecule has 0 bridgehead atoms. The van der Waals surface area contributed by atoms with E-state index in [4.69, 9.17) is 5.11 Å². The van der Waals surface area contributed by atoms with E-state index in [9.17, 15) is 4.79 Å². The fourth-order valence-corrected chi connectivity index (χ4v) is 0. The van der Waals surface area contributed by atoms with Gasteiger partial charge in [0.05, 0.1) is 0 Å². The Hall–Kier alpha value is -0.0500. The lowest BCUT2D eigenvalue weighted by Crippen LogP contribution is -1.86. The van der Waals surface area contributed by atoms with Crippen LogP contribution in [0.5, 0.6) is 0 Å². The molecule has 0 heterocycles. The van der Waals surface area contributed by atoms with Crippen molar-refractivity contribution in [2.75, 3.05) is 5.33 Å².